The molecule has 0 aliphatic carbocycles. The Hall–Kier alpha value is -3.36. The second kappa shape index (κ2) is 12.6. The number of benzene rings is 3. The highest BCUT2D eigenvalue weighted by Crippen LogP contribution is 2.24. The third kappa shape index (κ3) is 6.86. The number of amides is 2. The predicted octanol–water partition coefficient (Wildman–Crippen LogP) is 4.48. The zero-order valence-corrected chi connectivity index (χ0v) is 21.9. The van der Waals surface area contributed by atoms with Crippen LogP contribution in [0.5, 0.6) is 0 Å². The van der Waals surface area contributed by atoms with Gasteiger partial charge in [-0.15, -0.1) is 0 Å². The van der Waals surface area contributed by atoms with Crippen molar-refractivity contribution >= 4 is 39.1 Å². The zero-order chi connectivity index (χ0) is 26.1. The lowest BCUT2D eigenvalue weighted by Gasteiger charge is -2.32. The maximum Gasteiger partial charge on any atom is 0.264 e. The average molecular weight is 528 g/mol. The largest absolute Gasteiger partial charge is 0.354 e. The molecule has 1 atom stereocenters. The first-order chi connectivity index (χ1) is 17.2. The van der Waals surface area contributed by atoms with E-state index in [1.54, 1.807) is 79.7 Å². The lowest BCUT2D eigenvalue weighted by molar-refractivity contribution is -0.139. The molecule has 0 aromatic heterocycles. The molecule has 0 saturated carbocycles. The molecule has 1 unspecified atom stereocenters. The van der Waals surface area contributed by atoms with Crippen molar-refractivity contribution in [3.63, 3.8) is 0 Å². The number of hydrogen-bond donors (Lipinski definition) is 1. The second-order valence-corrected chi connectivity index (χ2v) is 10.6. The molecule has 2 amide bonds. The average Bonchev–Trinajstić information content (AvgIpc) is 2.89. The molecule has 0 spiro atoms. The van der Waals surface area contributed by atoms with Crippen molar-refractivity contribution in [3.8, 4) is 0 Å². The van der Waals surface area contributed by atoms with E-state index in [0.29, 0.717) is 17.3 Å². The molecule has 0 fully saturated rings. The molecule has 3 aromatic rings. The lowest BCUT2D eigenvalue weighted by Crippen LogP contribution is -2.51. The van der Waals surface area contributed by atoms with E-state index in [0.717, 1.165) is 16.3 Å². The first kappa shape index (κ1) is 27.2. The Morgan fingerprint density at radius 2 is 1.58 bits per heavy atom. The van der Waals surface area contributed by atoms with Crippen molar-refractivity contribution in [2.75, 3.05) is 17.4 Å². The Labute approximate surface area is 217 Å². The van der Waals surface area contributed by atoms with Gasteiger partial charge in [0.25, 0.3) is 10.0 Å². The first-order valence-corrected chi connectivity index (χ1v) is 13.5. The van der Waals surface area contributed by atoms with Gasteiger partial charge in [-0.1, -0.05) is 67.1 Å². The van der Waals surface area contributed by atoms with Crippen LogP contribution >= 0.6 is 11.6 Å². The summed E-state index contributed by atoms with van der Waals surface area (Å²) in [5.41, 5.74) is 1.07. The summed E-state index contributed by atoms with van der Waals surface area (Å²) in [6.45, 7) is 3.65. The minimum absolute atomic E-state index is 0.0665. The molecule has 0 saturated heterocycles. The third-order valence-electron chi connectivity index (χ3n) is 5.61. The van der Waals surface area contributed by atoms with Gasteiger partial charge in [0.1, 0.15) is 12.6 Å². The molecule has 3 aromatic carbocycles. The lowest BCUT2D eigenvalue weighted by atomic mass is 10.1. The van der Waals surface area contributed by atoms with Crippen molar-refractivity contribution < 1.29 is 18.0 Å². The second-order valence-electron chi connectivity index (χ2n) is 8.28. The van der Waals surface area contributed by atoms with Gasteiger partial charge in [0.15, 0.2) is 0 Å². The number of nitrogens with zero attached hydrogens (tertiary/aromatic N) is 2. The molecular weight excluding hydrogens is 498 g/mol. The van der Waals surface area contributed by atoms with E-state index in [4.69, 9.17) is 11.6 Å². The summed E-state index contributed by atoms with van der Waals surface area (Å²) in [4.78, 5) is 28.0. The van der Waals surface area contributed by atoms with Crippen molar-refractivity contribution in [2.24, 2.45) is 0 Å². The maximum atomic E-state index is 13.7. The fraction of sp³-hybridized carbons (Fsp3) is 0.259. The fourth-order valence-electron chi connectivity index (χ4n) is 3.65. The number of halogens is 1. The number of rotatable bonds is 11. The number of sulfonamides is 1. The molecule has 0 heterocycles. The summed E-state index contributed by atoms with van der Waals surface area (Å²) in [6.07, 6.45) is 0.748. The smallest absolute Gasteiger partial charge is 0.264 e. The van der Waals surface area contributed by atoms with Gasteiger partial charge in [0, 0.05) is 18.1 Å². The maximum absolute atomic E-state index is 13.7. The molecule has 36 heavy (non-hydrogen) atoms. The highest BCUT2D eigenvalue weighted by Gasteiger charge is 2.32. The normalized spacial score (nSPS) is 12.0. The Morgan fingerprint density at radius 1 is 0.944 bits per heavy atom. The van der Waals surface area contributed by atoms with Gasteiger partial charge < -0.3 is 10.2 Å². The first-order valence-electron chi connectivity index (χ1n) is 11.7. The van der Waals surface area contributed by atoms with E-state index < -0.39 is 28.5 Å². The van der Waals surface area contributed by atoms with Crippen LogP contribution in [0.4, 0.5) is 5.69 Å². The molecular formula is C27H30ClN3O4S. The molecule has 0 bridgehead atoms. The van der Waals surface area contributed by atoms with Crippen LogP contribution in [0, 0.1) is 0 Å². The van der Waals surface area contributed by atoms with Gasteiger partial charge in [-0.05, 0) is 55.3 Å². The van der Waals surface area contributed by atoms with Crippen LogP contribution in [0.1, 0.15) is 25.8 Å². The van der Waals surface area contributed by atoms with Crippen molar-refractivity contribution in [2.45, 2.75) is 37.8 Å². The number of nitrogens with one attached hydrogen (secondary N) is 1. The molecule has 0 aliphatic rings. The van der Waals surface area contributed by atoms with E-state index in [9.17, 15) is 18.0 Å². The predicted molar refractivity (Wildman–Crippen MR) is 142 cm³/mol. The Kier molecular flexibility index (Phi) is 9.50. The van der Waals surface area contributed by atoms with E-state index in [1.165, 1.54) is 17.0 Å². The van der Waals surface area contributed by atoms with Crippen molar-refractivity contribution in [1.29, 1.82) is 0 Å². The van der Waals surface area contributed by atoms with E-state index in [-0.39, 0.29) is 17.3 Å². The standard InChI is InChI=1S/C27H30ClN3O4S/c1-3-17-29-27(33)21(2)30(19-22-11-10-12-23(28)18-22)26(32)20-31(24-13-6-4-7-14-24)36(34,35)25-15-8-5-9-16-25/h4-16,18,21H,3,17,19-20H2,1-2H3,(H,29,33). The van der Waals surface area contributed by atoms with Crippen LogP contribution in [0.25, 0.3) is 0 Å². The van der Waals surface area contributed by atoms with Crippen LogP contribution in [-0.4, -0.2) is 44.3 Å². The third-order valence-corrected chi connectivity index (χ3v) is 7.64. The van der Waals surface area contributed by atoms with Crippen LogP contribution < -0.4 is 9.62 Å². The molecule has 0 radical (unpaired) electrons. The monoisotopic (exact) mass is 527 g/mol. The summed E-state index contributed by atoms with van der Waals surface area (Å²) in [5.74, 6) is -0.832. The van der Waals surface area contributed by atoms with E-state index in [2.05, 4.69) is 5.32 Å². The topological polar surface area (TPSA) is 86.8 Å². The van der Waals surface area contributed by atoms with Gasteiger partial charge in [-0.25, -0.2) is 8.42 Å². The van der Waals surface area contributed by atoms with Gasteiger partial charge in [0.05, 0.1) is 10.6 Å². The van der Waals surface area contributed by atoms with Crippen LogP contribution in [0.15, 0.2) is 89.8 Å². The number of carbonyl (C=O) groups excluding carboxylic acids is 2. The molecule has 0 aliphatic heterocycles. The highest BCUT2D eigenvalue weighted by atomic mass is 35.5. The molecule has 3 rings (SSSR count). The quantitative estimate of drug-likeness (QED) is 0.398. The van der Waals surface area contributed by atoms with Gasteiger partial charge in [-0.3, -0.25) is 13.9 Å². The Balaban J connectivity index is 1.98. The number of anilines is 1. The summed E-state index contributed by atoms with van der Waals surface area (Å²) in [7, 11) is -4.06. The molecule has 9 heteroatoms. The van der Waals surface area contributed by atoms with E-state index in [1.807, 2.05) is 6.92 Å². The summed E-state index contributed by atoms with van der Waals surface area (Å²) in [6, 6.07) is 22.6. The summed E-state index contributed by atoms with van der Waals surface area (Å²) >= 11 is 6.14. The Bertz CT molecular complexity index is 1270. The van der Waals surface area contributed by atoms with E-state index >= 15 is 0 Å². The van der Waals surface area contributed by atoms with Crippen LogP contribution in [0.3, 0.4) is 0 Å². The molecule has 1 N–H and O–H groups in total. The van der Waals surface area contributed by atoms with Crippen molar-refractivity contribution in [1.82, 2.24) is 10.2 Å². The fourth-order valence-corrected chi connectivity index (χ4v) is 5.30. The zero-order valence-electron chi connectivity index (χ0n) is 20.3. The minimum atomic E-state index is -4.06. The highest BCUT2D eigenvalue weighted by molar-refractivity contribution is 7.92. The van der Waals surface area contributed by atoms with Gasteiger partial charge >= 0.3 is 0 Å². The number of para-hydroxylation sites is 1. The SMILES string of the molecule is CCCNC(=O)C(C)N(Cc1cccc(Cl)c1)C(=O)CN(c1ccccc1)S(=O)(=O)c1ccccc1. The number of carbonyl (C=O) groups is 2. The molecule has 190 valence electrons. The van der Waals surface area contributed by atoms with Crippen molar-refractivity contribution in [3.05, 3.63) is 95.5 Å². The Morgan fingerprint density at radius 3 is 2.19 bits per heavy atom. The van der Waals surface area contributed by atoms with Crippen LogP contribution in [-0.2, 0) is 26.2 Å². The molecule has 7 nitrogen and oxygen atoms in total. The summed E-state index contributed by atoms with van der Waals surface area (Å²) in [5, 5.41) is 3.32. The van der Waals surface area contributed by atoms with Crippen LogP contribution in [0.2, 0.25) is 5.02 Å². The van der Waals surface area contributed by atoms with Gasteiger partial charge in [-0.2, -0.15) is 0 Å². The summed E-state index contributed by atoms with van der Waals surface area (Å²) < 4.78 is 28.3. The van der Waals surface area contributed by atoms with Gasteiger partial charge in [0.2, 0.25) is 11.8 Å². The number of hydrogen-bond acceptors (Lipinski definition) is 4. The minimum Gasteiger partial charge on any atom is -0.354 e.